The molecule has 3 aliphatic rings. The monoisotopic (exact) mass is 643 g/mol. The van der Waals surface area contributed by atoms with Gasteiger partial charge >= 0.3 is 0 Å². The third kappa shape index (κ3) is 7.29. The largest absolute Gasteiger partial charge is 0.481 e. The number of nitrogens with zero attached hydrogens (tertiary/aromatic N) is 5. The zero-order valence-electron chi connectivity index (χ0n) is 25.4. The van der Waals surface area contributed by atoms with E-state index in [4.69, 9.17) is 19.4 Å². The minimum Gasteiger partial charge on any atom is -0.481 e. The van der Waals surface area contributed by atoms with Crippen molar-refractivity contribution in [2.75, 3.05) is 53.0 Å². The second-order valence-corrected chi connectivity index (χ2v) is 11.5. The number of carbonyl (C=O) groups is 1. The molecule has 6 rings (SSSR count). The van der Waals surface area contributed by atoms with Crippen LogP contribution in [0, 0.1) is 0 Å². The Morgan fingerprint density at radius 3 is 2.14 bits per heavy atom. The van der Waals surface area contributed by atoms with Gasteiger partial charge in [-0.3, -0.25) is 14.6 Å². The van der Waals surface area contributed by atoms with Gasteiger partial charge in [0.15, 0.2) is 0 Å². The van der Waals surface area contributed by atoms with Gasteiger partial charge in [0.2, 0.25) is 17.7 Å². The van der Waals surface area contributed by atoms with E-state index in [9.17, 15) is 9.90 Å². The van der Waals surface area contributed by atoms with Gasteiger partial charge in [0, 0.05) is 63.2 Å². The molecule has 1 aromatic heterocycles. The number of piperazine rings is 2. The predicted molar refractivity (Wildman–Crippen MR) is 174 cm³/mol. The number of fused-ring (bicyclic) bond motifs is 1. The molecule has 0 bridgehead atoms. The van der Waals surface area contributed by atoms with Crippen LogP contribution in [0.5, 0.6) is 11.8 Å². The zero-order valence-corrected chi connectivity index (χ0v) is 27.0. The van der Waals surface area contributed by atoms with E-state index in [1.807, 2.05) is 11.8 Å². The van der Waals surface area contributed by atoms with Crippen molar-refractivity contribution in [3.8, 4) is 11.8 Å². The Morgan fingerprint density at radius 1 is 0.932 bits per heavy atom. The second-order valence-electron chi connectivity index (χ2n) is 11.5. The highest BCUT2D eigenvalue weighted by Gasteiger charge is 2.43. The minimum absolute atomic E-state index is 0. The molecule has 2 aromatic carbocycles. The highest BCUT2D eigenvalue weighted by Crippen LogP contribution is 2.41. The first-order chi connectivity index (χ1) is 20.6. The summed E-state index contributed by atoms with van der Waals surface area (Å²) in [5, 5.41) is 9.62. The van der Waals surface area contributed by atoms with Crippen molar-refractivity contribution in [1.82, 2.24) is 24.7 Å². The summed E-state index contributed by atoms with van der Waals surface area (Å²) in [5.41, 5.74) is 3.41. The van der Waals surface area contributed by atoms with Crippen LogP contribution in [0.4, 0.5) is 0 Å². The number of aliphatic hydroxyl groups is 1. The van der Waals surface area contributed by atoms with Gasteiger partial charge in [-0.05, 0) is 30.9 Å². The van der Waals surface area contributed by atoms with Gasteiger partial charge in [0.1, 0.15) is 12.4 Å². The molecule has 238 valence electrons. The topological polar surface area (TPSA) is 91.3 Å². The van der Waals surface area contributed by atoms with Crippen molar-refractivity contribution in [1.29, 1.82) is 0 Å². The van der Waals surface area contributed by atoms with Gasteiger partial charge in [-0.15, -0.1) is 24.8 Å². The van der Waals surface area contributed by atoms with E-state index in [2.05, 4.69) is 70.5 Å². The number of aromatic nitrogens is 2. The molecule has 0 radical (unpaired) electrons. The fourth-order valence-corrected chi connectivity index (χ4v) is 6.69. The van der Waals surface area contributed by atoms with Crippen molar-refractivity contribution < 1.29 is 19.4 Å². The molecule has 3 aromatic rings. The Labute approximate surface area is 272 Å². The number of halogens is 2. The molecule has 1 aliphatic carbocycles. The lowest BCUT2D eigenvalue weighted by Crippen LogP contribution is -2.67. The molecule has 3 heterocycles. The normalized spacial score (nSPS) is 20.3. The first-order valence-corrected chi connectivity index (χ1v) is 15.1. The summed E-state index contributed by atoms with van der Waals surface area (Å²) in [7, 11) is 1.67. The molecule has 2 aliphatic heterocycles. The number of amides is 1. The SMILES string of the molecule is CCOc1nc(C2CC2)nc(OC)c1CN1C[C@@H]2CN(C(=O)CO)CCN2[C@H](C(c2ccccc2)c2ccccc2)C1.Cl.Cl. The van der Waals surface area contributed by atoms with Crippen molar-refractivity contribution in [2.24, 2.45) is 0 Å². The lowest BCUT2D eigenvalue weighted by Gasteiger charge is -2.53. The molecule has 9 nitrogen and oxygen atoms in total. The number of methoxy groups -OCH3 is 1. The van der Waals surface area contributed by atoms with Gasteiger partial charge in [-0.2, -0.15) is 9.97 Å². The van der Waals surface area contributed by atoms with Crippen LogP contribution in [0.25, 0.3) is 0 Å². The van der Waals surface area contributed by atoms with E-state index in [1.165, 1.54) is 11.1 Å². The van der Waals surface area contributed by atoms with Gasteiger partial charge < -0.3 is 19.5 Å². The van der Waals surface area contributed by atoms with Gasteiger partial charge in [0.25, 0.3) is 0 Å². The van der Waals surface area contributed by atoms with E-state index >= 15 is 0 Å². The maximum atomic E-state index is 12.6. The van der Waals surface area contributed by atoms with Crippen LogP contribution in [0.1, 0.15) is 54.1 Å². The van der Waals surface area contributed by atoms with E-state index in [0.717, 1.165) is 43.9 Å². The Bertz CT molecular complexity index is 1330. The number of rotatable bonds is 10. The first-order valence-electron chi connectivity index (χ1n) is 15.1. The summed E-state index contributed by atoms with van der Waals surface area (Å²) in [6.45, 7) is 6.14. The molecule has 2 saturated heterocycles. The molecule has 1 N–H and O–H groups in total. The summed E-state index contributed by atoms with van der Waals surface area (Å²) in [5.74, 6) is 2.30. The minimum atomic E-state index is -0.462. The summed E-state index contributed by atoms with van der Waals surface area (Å²) in [4.78, 5) is 29.1. The number of carbonyl (C=O) groups excluding carboxylic acids is 1. The van der Waals surface area contributed by atoms with E-state index < -0.39 is 6.61 Å². The summed E-state index contributed by atoms with van der Waals surface area (Å²) >= 11 is 0. The first kappa shape index (κ1) is 33.9. The molecule has 0 unspecified atom stereocenters. The molecule has 11 heteroatoms. The zero-order chi connectivity index (χ0) is 29.1. The number of aliphatic hydroxyl groups excluding tert-OH is 1. The third-order valence-electron chi connectivity index (χ3n) is 8.81. The predicted octanol–water partition coefficient (Wildman–Crippen LogP) is 4.13. The Morgan fingerprint density at radius 2 is 1.57 bits per heavy atom. The molecule has 1 saturated carbocycles. The smallest absolute Gasteiger partial charge is 0.248 e. The van der Waals surface area contributed by atoms with Crippen LogP contribution in [0.2, 0.25) is 0 Å². The number of hydrogen-bond acceptors (Lipinski definition) is 8. The molecule has 44 heavy (non-hydrogen) atoms. The lowest BCUT2D eigenvalue weighted by molar-refractivity contribution is -0.139. The van der Waals surface area contributed by atoms with Gasteiger partial charge in [-0.1, -0.05) is 60.7 Å². The highest BCUT2D eigenvalue weighted by molar-refractivity contribution is 5.85. The van der Waals surface area contributed by atoms with Gasteiger partial charge in [-0.25, -0.2) is 0 Å². The summed E-state index contributed by atoms with van der Waals surface area (Å²) in [6, 6.07) is 21.7. The molecule has 2 atom stereocenters. The molecule has 1 amide bonds. The van der Waals surface area contributed by atoms with E-state index in [1.54, 1.807) is 7.11 Å². The quantitative estimate of drug-likeness (QED) is 0.353. The Kier molecular flexibility index (Phi) is 11.8. The standard InChI is InChI=1S/C33H41N5O4.2ClH/c1-3-42-33-27(32(41-2)34-31(35-33)25-14-15-25)20-36-18-26-19-37(29(40)22-39)16-17-38(26)28(21-36)30(23-10-6-4-7-11-23)24-12-8-5-9-13-24;;/h4-13,25-26,28,30,39H,3,14-22H2,1-2H3;2*1H/t26-,28+;;/m1../s1. The molecular weight excluding hydrogens is 601 g/mol. The highest BCUT2D eigenvalue weighted by atomic mass is 35.5. The fraction of sp³-hybridized carbons (Fsp3) is 0.485. The van der Waals surface area contributed by atoms with Crippen LogP contribution < -0.4 is 9.47 Å². The summed E-state index contributed by atoms with van der Waals surface area (Å²) < 4.78 is 11.9. The third-order valence-corrected chi connectivity index (χ3v) is 8.81. The number of ether oxygens (including phenoxy) is 2. The molecular formula is C33H43Cl2N5O4. The van der Waals surface area contributed by atoms with Crippen molar-refractivity contribution in [3.05, 3.63) is 83.2 Å². The van der Waals surface area contributed by atoms with E-state index in [0.29, 0.717) is 43.9 Å². The van der Waals surface area contributed by atoms with Crippen LogP contribution in [0.15, 0.2) is 60.7 Å². The van der Waals surface area contributed by atoms with Crippen molar-refractivity contribution in [3.63, 3.8) is 0 Å². The number of hydrogen-bond donors (Lipinski definition) is 1. The average molecular weight is 645 g/mol. The lowest BCUT2D eigenvalue weighted by atomic mass is 9.81. The average Bonchev–Trinajstić information content (AvgIpc) is 3.88. The van der Waals surface area contributed by atoms with E-state index in [-0.39, 0.29) is 48.7 Å². The fourth-order valence-electron chi connectivity index (χ4n) is 6.69. The molecule has 0 spiro atoms. The van der Waals surface area contributed by atoms with Crippen LogP contribution in [-0.4, -0.2) is 101 Å². The van der Waals surface area contributed by atoms with Crippen LogP contribution >= 0.6 is 24.8 Å². The van der Waals surface area contributed by atoms with Crippen LogP contribution in [0.3, 0.4) is 0 Å². The molecule has 3 fully saturated rings. The number of benzene rings is 2. The van der Waals surface area contributed by atoms with Crippen LogP contribution in [-0.2, 0) is 11.3 Å². The Balaban J connectivity index is 0.00000221. The maximum Gasteiger partial charge on any atom is 0.248 e. The van der Waals surface area contributed by atoms with Crippen molar-refractivity contribution >= 4 is 30.7 Å². The van der Waals surface area contributed by atoms with Crippen molar-refractivity contribution in [2.45, 2.75) is 50.2 Å². The van der Waals surface area contributed by atoms with Gasteiger partial charge in [0.05, 0.1) is 19.3 Å². The Hall–Kier alpha value is -2.95. The maximum absolute atomic E-state index is 12.6. The second kappa shape index (κ2) is 15.4. The summed E-state index contributed by atoms with van der Waals surface area (Å²) in [6.07, 6.45) is 2.20.